The van der Waals surface area contributed by atoms with Gasteiger partial charge in [0.1, 0.15) is 17.8 Å². The molecule has 0 bridgehead atoms. The third-order valence-corrected chi connectivity index (χ3v) is 5.06. The molecule has 1 aliphatic rings. The molecule has 2 aromatic carbocycles. The maximum Gasteiger partial charge on any atom is 0.323 e. The predicted octanol–water partition coefficient (Wildman–Crippen LogP) is 2.62. The van der Waals surface area contributed by atoms with Crippen LogP contribution in [0.3, 0.4) is 0 Å². The van der Waals surface area contributed by atoms with Crippen molar-refractivity contribution in [2.24, 2.45) is 0 Å². The van der Waals surface area contributed by atoms with Crippen molar-refractivity contribution < 1.29 is 19.2 Å². The first-order valence-corrected chi connectivity index (χ1v) is 8.64. The number of methoxy groups -OCH3 is 2. The van der Waals surface area contributed by atoms with Gasteiger partial charge in [0, 0.05) is 4.92 Å². The zero-order valence-corrected chi connectivity index (χ0v) is 15.4. The lowest BCUT2D eigenvalue weighted by Crippen LogP contribution is -2.37. The van der Waals surface area contributed by atoms with E-state index in [2.05, 4.69) is 5.32 Å². The summed E-state index contributed by atoms with van der Waals surface area (Å²) in [4.78, 5) is 24.1. The predicted molar refractivity (Wildman–Crippen MR) is 99.4 cm³/mol. The number of carbonyl (C=O) groups excluding carboxylic acids is 1. The van der Waals surface area contributed by atoms with Gasteiger partial charge in [0.15, 0.2) is 0 Å². The molecule has 27 heavy (non-hydrogen) atoms. The Bertz CT molecular complexity index is 819. The van der Waals surface area contributed by atoms with E-state index in [0.717, 1.165) is 11.1 Å². The molecule has 7 nitrogen and oxygen atoms in total. The van der Waals surface area contributed by atoms with Crippen LogP contribution in [0.15, 0.2) is 48.5 Å². The Kier molecular flexibility index (Phi) is 5.41. The maximum absolute atomic E-state index is 12.4. The number of aryl methyl sites for hydroxylation is 1. The highest BCUT2D eigenvalue weighted by Gasteiger charge is 2.54. The number of hydrogen-bond donors (Lipinski definition) is 1. The molecule has 0 aliphatic carbocycles. The molecular weight excluding hydrogens is 348 g/mol. The molecule has 0 saturated carbocycles. The van der Waals surface area contributed by atoms with Crippen molar-refractivity contribution in [3.05, 3.63) is 75.3 Å². The molecule has 0 radical (unpaired) electrons. The Balaban J connectivity index is 2.06. The number of nitrogens with one attached hydrogen (secondary N) is 1. The van der Waals surface area contributed by atoms with E-state index < -0.39 is 30.0 Å². The molecule has 0 spiro atoms. The Morgan fingerprint density at radius 3 is 2.15 bits per heavy atom. The van der Waals surface area contributed by atoms with Gasteiger partial charge < -0.3 is 9.47 Å². The maximum atomic E-state index is 12.4. The molecule has 1 N–H and O–H groups in total. The summed E-state index contributed by atoms with van der Waals surface area (Å²) in [5.41, 5.74) is 2.52. The SMILES string of the molecule is COC(=O)[C@H]1N[C@@H](c2ccc(C)cc2)[C@H]([N+](=O)[O-])[C@H]1c1ccc(OC)cc1. The van der Waals surface area contributed by atoms with E-state index in [0.29, 0.717) is 11.3 Å². The minimum absolute atomic E-state index is 0.310. The van der Waals surface area contributed by atoms with Crippen LogP contribution in [0.1, 0.15) is 28.7 Å². The molecule has 0 aromatic heterocycles. The summed E-state index contributed by atoms with van der Waals surface area (Å²) < 4.78 is 10.1. The normalized spacial score (nSPS) is 24.4. The van der Waals surface area contributed by atoms with Crippen LogP contribution >= 0.6 is 0 Å². The smallest absolute Gasteiger partial charge is 0.323 e. The quantitative estimate of drug-likeness (QED) is 0.494. The van der Waals surface area contributed by atoms with E-state index in [1.54, 1.807) is 31.4 Å². The number of esters is 1. The summed E-state index contributed by atoms with van der Waals surface area (Å²) in [6, 6.07) is 12.1. The monoisotopic (exact) mass is 370 g/mol. The zero-order chi connectivity index (χ0) is 19.6. The van der Waals surface area contributed by atoms with Crippen LogP contribution in [0.2, 0.25) is 0 Å². The first-order chi connectivity index (χ1) is 13.0. The summed E-state index contributed by atoms with van der Waals surface area (Å²) in [7, 11) is 2.84. The number of ether oxygens (including phenoxy) is 2. The van der Waals surface area contributed by atoms with Crippen molar-refractivity contribution in [1.82, 2.24) is 5.32 Å². The highest BCUT2D eigenvalue weighted by Crippen LogP contribution is 2.41. The second kappa shape index (κ2) is 7.75. The van der Waals surface area contributed by atoms with Crippen LogP contribution in [0, 0.1) is 17.0 Å². The Morgan fingerprint density at radius 1 is 1.04 bits per heavy atom. The van der Waals surface area contributed by atoms with E-state index in [4.69, 9.17) is 9.47 Å². The van der Waals surface area contributed by atoms with Crippen molar-refractivity contribution in [3.63, 3.8) is 0 Å². The lowest BCUT2D eigenvalue weighted by atomic mass is 9.85. The number of nitro groups is 1. The van der Waals surface area contributed by atoms with E-state index in [9.17, 15) is 14.9 Å². The summed E-state index contributed by atoms with van der Waals surface area (Å²) in [6.07, 6.45) is 0. The van der Waals surface area contributed by atoms with Crippen LogP contribution in [0.4, 0.5) is 0 Å². The van der Waals surface area contributed by atoms with Crippen LogP contribution in [-0.4, -0.2) is 37.2 Å². The molecule has 4 atom stereocenters. The first kappa shape index (κ1) is 18.8. The van der Waals surface area contributed by atoms with E-state index in [1.165, 1.54) is 7.11 Å². The van der Waals surface area contributed by atoms with Gasteiger partial charge in [-0.15, -0.1) is 0 Å². The molecule has 1 saturated heterocycles. The zero-order valence-electron chi connectivity index (χ0n) is 15.4. The van der Waals surface area contributed by atoms with Crippen molar-refractivity contribution in [3.8, 4) is 5.75 Å². The highest BCUT2D eigenvalue weighted by atomic mass is 16.6. The van der Waals surface area contributed by atoms with Gasteiger partial charge in [-0.05, 0) is 30.2 Å². The van der Waals surface area contributed by atoms with Gasteiger partial charge in [-0.25, -0.2) is 0 Å². The minimum Gasteiger partial charge on any atom is -0.497 e. The third kappa shape index (κ3) is 3.64. The second-order valence-electron chi connectivity index (χ2n) is 6.63. The molecule has 1 fully saturated rings. The van der Waals surface area contributed by atoms with Gasteiger partial charge in [0.05, 0.1) is 20.1 Å². The van der Waals surface area contributed by atoms with Crippen LogP contribution in [0.25, 0.3) is 0 Å². The lowest BCUT2D eigenvalue weighted by molar-refractivity contribution is -0.527. The molecule has 0 amide bonds. The average molecular weight is 370 g/mol. The molecule has 1 heterocycles. The standard InChI is InChI=1S/C20H22N2O5/c1-12-4-6-14(7-5-12)17-19(22(24)25)16(18(21-17)20(23)27-3)13-8-10-15(26-2)11-9-13/h4-11,16-19,21H,1-3H3/t16-,17-,18-,19+/m0/s1. The Labute approximate surface area is 157 Å². The fraction of sp³-hybridized carbons (Fsp3) is 0.350. The van der Waals surface area contributed by atoms with E-state index >= 15 is 0 Å². The van der Waals surface area contributed by atoms with Crippen LogP contribution < -0.4 is 10.1 Å². The van der Waals surface area contributed by atoms with Gasteiger partial charge in [0.25, 0.3) is 0 Å². The average Bonchev–Trinajstić information content (AvgIpc) is 3.09. The topological polar surface area (TPSA) is 90.7 Å². The van der Waals surface area contributed by atoms with Gasteiger partial charge in [-0.1, -0.05) is 42.0 Å². The number of benzene rings is 2. The summed E-state index contributed by atoms with van der Waals surface area (Å²) in [6.45, 7) is 1.95. The minimum atomic E-state index is -1.01. The highest BCUT2D eigenvalue weighted by molar-refractivity contribution is 5.78. The second-order valence-corrected chi connectivity index (χ2v) is 6.63. The van der Waals surface area contributed by atoms with E-state index in [-0.39, 0.29) is 4.92 Å². The molecule has 0 unspecified atom stereocenters. The van der Waals surface area contributed by atoms with E-state index in [1.807, 2.05) is 31.2 Å². The Hall–Kier alpha value is -2.93. The fourth-order valence-corrected chi connectivity index (χ4v) is 3.68. The summed E-state index contributed by atoms with van der Waals surface area (Å²) >= 11 is 0. The van der Waals surface area contributed by atoms with Crippen molar-refractivity contribution in [1.29, 1.82) is 0 Å². The van der Waals surface area contributed by atoms with Gasteiger partial charge >= 0.3 is 5.97 Å². The van der Waals surface area contributed by atoms with Crippen LogP contribution in [0.5, 0.6) is 5.75 Å². The van der Waals surface area contributed by atoms with Crippen molar-refractivity contribution in [2.75, 3.05) is 14.2 Å². The number of hydrogen-bond acceptors (Lipinski definition) is 6. The molecule has 2 aromatic rings. The summed E-state index contributed by atoms with van der Waals surface area (Å²) in [5, 5.41) is 15.1. The number of carbonyl (C=O) groups is 1. The molecular formula is C20H22N2O5. The van der Waals surface area contributed by atoms with Crippen molar-refractivity contribution in [2.45, 2.75) is 31.0 Å². The van der Waals surface area contributed by atoms with Gasteiger partial charge in [-0.2, -0.15) is 0 Å². The lowest BCUT2D eigenvalue weighted by Gasteiger charge is -2.19. The first-order valence-electron chi connectivity index (χ1n) is 8.64. The van der Waals surface area contributed by atoms with Crippen LogP contribution in [-0.2, 0) is 9.53 Å². The molecule has 3 rings (SSSR count). The fourth-order valence-electron chi connectivity index (χ4n) is 3.68. The van der Waals surface area contributed by atoms with Gasteiger partial charge in [0.2, 0.25) is 6.04 Å². The number of nitrogens with zero attached hydrogens (tertiary/aromatic N) is 1. The molecule has 142 valence electrons. The Morgan fingerprint density at radius 2 is 1.63 bits per heavy atom. The number of rotatable bonds is 5. The van der Waals surface area contributed by atoms with Gasteiger partial charge in [-0.3, -0.25) is 20.2 Å². The summed E-state index contributed by atoms with van der Waals surface area (Å²) in [5.74, 6) is -0.533. The largest absolute Gasteiger partial charge is 0.497 e. The third-order valence-electron chi connectivity index (χ3n) is 5.06. The molecule has 7 heteroatoms. The van der Waals surface area contributed by atoms with Crippen molar-refractivity contribution >= 4 is 5.97 Å². The molecule has 1 aliphatic heterocycles.